The summed E-state index contributed by atoms with van der Waals surface area (Å²) < 4.78 is 16.4. The molecule has 1 saturated heterocycles. The number of hydrogen-bond donors (Lipinski definition) is 3. The van der Waals surface area contributed by atoms with Gasteiger partial charge >= 0.3 is 0 Å². The summed E-state index contributed by atoms with van der Waals surface area (Å²) in [6, 6.07) is 3.52. The van der Waals surface area contributed by atoms with E-state index in [1.807, 2.05) is 26.6 Å². The molecule has 8 nitrogen and oxygen atoms in total. The first-order chi connectivity index (χ1) is 16.4. The lowest BCUT2D eigenvalue weighted by atomic mass is 10.0. The summed E-state index contributed by atoms with van der Waals surface area (Å²) >= 11 is 0. The fourth-order valence-corrected chi connectivity index (χ4v) is 5.24. The Kier molecular flexibility index (Phi) is 7.74. The number of aryl methyl sites for hydroxylation is 2. The minimum Gasteiger partial charge on any atom is -0.355 e. The van der Waals surface area contributed by atoms with E-state index < -0.39 is 31.8 Å². The van der Waals surface area contributed by atoms with Crippen molar-refractivity contribution in [2.45, 2.75) is 39.0 Å². The third-order valence-electron chi connectivity index (χ3n) is 5.94. The molecule has 0 aliphatic carbocycles. The molecule has 3 N–H and O–H groups in total. The highest BCUT2D eigenvalue weighted by molar-refractivity contribution is 6.88. The number of nitrogens with zero attached hydrogens (tertiary/aromatic N) is 2. The molecule has 0 bridgehead atoms. The summed E-state index contributed by atoms with van der Waals surface area (Å²) in [5, 5.41) is 12.9. The number of benzene rings is 1. The lowest BCUT2D eigenvalue weighted by molar-refractivity contribution is -0.129. The Bertz CT molecular complexity index is 1180. The molecule has 3 rings (SSSR count). The molecule has 0 radical (unpaired) electrons. The molecule has 0 unspecified atom stereocenters. The molecule has 10 heteroatoms. The van der Waals surface area contributed by atoms with E-state index in [1.165, 1.54) is 6.07 Å². The van der Waals surface area contributed by atoms with Crippen LogP contribution in [0.4, 0.5) is 10.1 Å². The molecular weight excluding hydrogens is 465 g/mol. The number of amides is 3. The van der Waals surface area contributed by atoms with Gasteiger partial charge in [0.1, 0.15) is 11.9 Å². The van der Waals surface area contributed by atoms with Crippen LogP contribution in [0.5, 0.6) is 0 Å². The number of carbonyl (C=O) groups is 3. The van der Waals surface area contributed by atoms with Crippen LogP contribution in [-0.4, -0.2) is 48.2 Å². The van der Waals surface area contributed by atoms with Crippen LogP contribution >= 0.6 is 0 Å². The Morgan fingerprint density at radius 1 is 1.34 bits per heavy atom. The molecule has 35 heavy (non-hydrogen) atoms. The maximum absolute atomic E-state index is 14.7. The minimum absolute atomic E-state index is 0.0556. The van der Waals surface area contributed by atoms with Crippen LogP contribution in [0.25, 0.3) is 6.08 Å². The van der Waals surface area contributed by atoms with Crippen LogP contribution in [0.1, 0.15) is 17.7 Å². The maximum Gasteiger partial charge on any atom is 0.251 e. The summed E-state index contributed by atoms with van der Waals surface area (Å²) in [7, 11) is -0.0823. The topological polar surface area (TPSA) is 105 Å². The van der Waals surface area contributed by atoms with E-state index in [-0.39, 0.29) is 30.4 Å². The molecular formula is C25H32FN5O3Si. The largest absolute Gasteiger partial charge is 0.355 e. The van der Waals surface area contributed by atoms with E-state index in [0.717, 1.165) is 11.3 Å². The summed E-state index contributed by atoms with van der Waals surface area (Å²) in [5.41, 5.74) is 2.37. The molecule has 1 aliphatic heterocycles. The molecule has 1 aliphatic rings. The van der Waals surface area contributed by atoms with Gasteiger partial charge in [0, 0.05) is 25.7 Å². The number of rotatable bonds is 8. The van der Waals surface area contributed by atoms with Crippen molar-refractivity contribution in [2.75, 3.05) is 11.9 Å². The second kappa shape index (κ2) is 10.4. The Labute approximate surface area is 205 Å². The third kappa shape index (κ3) is 6.33. The van der Waals surface area contributed by atoms with E-state index in [0.29, 0.717) is 10.8 Å². The van der Waals surface area contributed by atoms with Gasteiger partial charge in [-0.1, -0.05) is 38.4 Å². The normalized spacial score (nSPS) is 16.7. The van der Waals surface area contributed by atoms with Gasteiger partial charge in [-0.2, -0.15) is 5.10 Å². The van der Waals surface area contributed by atoms with Gasteiger partial charge in [0.05, 0.1) is 25.9 Å². The van der Waals surface area contributed by atoms with E-state index in [4.69, 9.17) is 0 Å². The monoisotopic (exact) mass is 497 g/mol. The molecule has 2 atom stereocenters. The summed E-state index contributed by atoms with van der Waals surface area (Å²) in [5.74, 6) is -2.16. The van der Waals surface area contributed by atoms with Crippen LogP contribution in [0.15, 0.2) is 42.6 Å². The van der Waals surface area contributed by atoms with Crippen molar-refractivity contribution < 1.29 is 18.8 Å². The molecule has 0 saturated carbocycles. The number of hydrogen-bond acceptors (Lipinski definition) is 4. The summed E-state index contributed by atoms with van der Waals surface area (Å²) in [6.45, 7) is 12.2. The number of anilines is 1. The molecule has 186 valence electrons. The molecule has 1 aromatic heterocycles. The van der Waals surface area contributed by atoms with Crippen LogP contribution in [-0.2, 0) is 21.4 Å². The Hall–Kier alpha value is -3.53. The molecule has 3 amide bonds. The zero-order valence-electron chi connectivity index (χ0n) is 20.7. The summed E-state index contributed by atoms with van der Waals surface area (Å²) in [6.07, 6.45) is 5.18. The fourth-order valence-electron chi connectivity index (χ4n) is 3.87. The predicted molar refractivity (Wildman–Crippen MR) is 137 cm³/mol. The Morgan fingerprint density at radius 3 is 2.60 bits per heavy atom. The van der Waals surface area contributed by atoms with E-state index in [2.05, 4.69) is 27.6 Å². The molecule has 2 heterocycles. The molecule has 1 fully saturated rings. The zero-order chi connectivity index (χ0) is 25.9. The Morgan fingerprint density at radius 2 is 2.06 bits per heavy atom. The van der Waals surface area contributed by atoms with Crippen molar-refractivity contribution >= 4 is 42.7 Å². The number of carbonyl (C=O) groups excluding carboxylic acids is 3. The van der Waals surface area contributed by atoms with Crippen molar-refractivity contribution in [3.8, 4) is 0 Å². The number of nitrogens with one attached hydrogen (secondary N) is 3. The minimum atomic E-state index is -1.88. The average Bonchev–Trinajstić information content (AvgIpc) is 3.34. The molecule has 2 aromatic rings. The molecule has 0 spiro atoms. The van der Waals surface area contributed by atoms with Crippen molar-refractivity contribution in [1.29, 1.82) is 0 Å². The maximum atomic E-state index is 14.7. The van der Waals surface area contributed by atoms with E-state index in [9.17, 15) is 18.8 Å². The van der Waals surface area contributed by atoms with Crippen LogP contribution in [0.3, 0.4) is 0 Å². The van der Waals surface area contributed by atoms with Crippen molar-refractivity contribution in [3.05, 3.63) is 59.7 Å². The second-order valence-electron chi connectivity index (χ2n) is 9.83. The van der Waals surface area contributed by atoms with Crippen LogP contribution in [0, 0.1) is 18.7 Å². The highest BCUT2D eigenvalue weighted by Gasteiger charge is 2.32. The average molecular weight is 498 g/mol. The molecule has 1 aromatic carbocycles. The van der Waals surface area contributed by atoms with E-state index >= 15 is 0 Å². The lowest BCUT2D eigenvalue weighted by Crippen LogP contribution is -2.47. The predicted octanol–water partition coefficient (Wildman–Crippen LogP) is 2.24. The Balaban J connectivity index is 1.83. The van der Waals surface area contributed by atoms with Gasteiger partial charge in [-0.3, -0.25) is 19.1 Å². The van der Waals surface area contributed by atoms with Crippen molar-refractivity contribution in [2.24, 2.45) is 13.0 Å². The van der Waals surface area contributed by atoms with E-state index in [1.54, 1.807) is 42.2 Å². The van der Waals surface area contributed by atoms with Gasteiger partial charge in [-0.25, -0.2) is 4.39 Å². The first-order valence-corrected chi connectivity index (χ1v) is 14.9. The third-order valence-corrected chi connectivity index (χ3v) is 7.97. The fraction of sp³-hybridized carbons (Fsp3) is 0.360. The standard InChI is InChI=1S/C25H32FN5O3Si/c1-15(7-9-20-16(2)13-28-31(20)3)23(30-24(33)17-11-22(32)27-14-17)25(34)29-18-8-10-21(19(26)12-18)35(4,5)6/h7-10,12-13,17,23H,1,11,14H2,2-6H3,(H,27,32)(H,29,34)(H,30,33)/b9-7-/t17-,23+/m0/s1. The van der Waals surface area contributed by atoms with Gasteiger partial charge in [-0.15, -0.1) is 0 Å². The van der Waals surface area contributed by atoms with Gasteiger partial charge in [-0.05, 0) is 41.5 Å². The van der Waals surface area contributed by atoms with Crippen LogP contribution in [0.2, 0.25) is 19.6 Å². The first-order valence-electron chi connectivity index (χ1n) is 11.4. The quantitative estimate of drug-likeness (QED) is 0.384. The smallest absolute Gasteiger partial charge is 0.251 e. The van der Waals surface area contributed by atoms with Gasteiger partial charge < -0.3 is 16.0 Å². The lowest BCUT2D eigenvalue weighted by Gasteiger charge is -2.22. The zero-order valence-corrected chi connectivity index (χ0v) is 21.7. The van der Waals surface area contributed by atoms with Gasteiger partial charge in [0.2, 0.25) is 11.8 Å². The highest BCUT2D eigenvalue weighted by Crippen LogP contribution is 2.17. The van der Waals surface area contributed by atoms with Crippen molar-refractivity contribution in [1.82, 2.24) is 20.4 Å². The van der Waals surface area contributed by atoms with Gasteiger partial charge in [0.25, 0.3) is 5.91 Å². The van der Waals surface area contributed by atoms with Gasteiger partial charge in [0.15, 0.2) is 0 Å². The first kappa shape index (κ1) is 26.1. The number of halogens is 1. The summed E-state index contributed by atoms with van der Waals surface area (Å²) in [4.78, 5) is 37.6. The highest BCUT2D eigenvalue weighted by atomic mass is 28.3. The SMILES string of the molecule is C=C(/C=C\c1c(C)cnn1C)[C@@H](NC(=O)[C@@H]1CNC(=O)C1)C(=O)Nc1ccc([Si](C)(C)C)c(F)c1. The van der Waals surface area contributed by atoms with Crippen molar-refractivity contribution in [3.63, 3.8) is 0 Å². The number of aromatic nitrogens is 2. The second-order valence-corrected chi connectivity index (χ2v) is 14.9. The van der Waals surface area contributed by atoms with Crippen LogP contribution < -0.4 is 21.1 Å².